The average Bonchev–Trinajstić information content (AvgIpc) is 2.93. The molecule has 5 nitrogen and oxygen atoms in total. The van der Waals surface area contributed by atoms with Gasteiger partial charge in [-0.15, -0.1) is 0 Å². The molecule has 1 saturated heterocycles. The van der Waals surface area contributed by atoms with Gasteiger partial charge < -0.3 is 15.3 Å². The molecule has 25 heavy (non-hydrogen) atoms. The van der Waals surface area contributed by atoms with Crippen LogP contribution < -0.4 is 10.2 Å². The summed E-state index contributed by atoms with van der Waals surface area (Å²) in [5, 5.41) is 17.7. The SMILES string of the molecule is Cc1cc(N2CCC[C@@H](N[C@H](C)CCc3ccc(O)cc3)C2)n(C)n1. The summed E-state index contributed by atoms with van der Waals surface area (Å²) in [5.41, 5.74) is 2.36. The Hall–Kier alpha value is -2.01. The van der Waals surface area contributed by atoms with Crippen LogP contribution in [0.3, 0.4) is 0 Å². The number of aromatic nitrogens is 2. The highest BCUT2D eigenvalue weighted by Gasteiger charge is 2.23. The fraction of sp³-hybridized carbons (Fsp3) is 0.550. The van der Waals surface area contributed by atoms with Crippen molar-refractivity contribution < 1.29 is 5.11 Å². The van der Waals surface area contributed by atoms with Crippen LogP contribution in [0.25, 0.3) is 0 Å². The number of piperidine rings is 1. The predicted molar refractivity (Wildman–Crippen MR) is 102 cm³/mol. The number of benzene rings is 1. The van der Waals surface area contributed by atoms with E-state index in [1.165, 1.54) is 24.2 Å². The van der Waals surface area contributed by atoms with Gasteiger partial charge in [-0.25, -0.2) is 0 Å². The van der Waals surface area contributed by atoms with E-state index in [0.29, 0.717) is 17.8 Å². The molecule has 0 saturated carbocycles. The number of aromatic hydroxyl groups is 1. The lowest BCUT2D eigenvalue weighted by molar-refractivity contribution is 0.371. The number of phenolic OH excluding ortho intramolecular Hbond substituents is 1. The Balaban J connectivity index is 1.50. The van der Waals surface area contributed by atoms with E-state index in [1.807, 2.05) is 23.9 Å². The van der Waals surface area contributed by atoms with Crippen molar-refractivity contribution in [2.24, 2.45) is 7.05 Å². The zero-order valence-electron chi connectivity index (χ0n) is 15.6. The summed E-state index contributed by atoms with van der Waals surface area (Å²) in [5.74, 6) is 1.56. The molecule has 0 unspecified atom stereocenters. The smallest absolute Gasteiger partial charge is 0.126 e. The van der Waals surface area contributed by atoms with Crippen LogP contribution in [0.4, 0.5) is 5.82 Å². The standard InChI is InChI=1S/C20H30N4O/c1-15(6-7-17-8-10-19(25)11-9-17)21-18-5-4-12-24(14-18)20-13-16(2)22-23(20)3/h8-11,13,15,18,21,25H,4-7,12,14H2,1-3H3/t15-,18-/m1/s1. The Morgan fingerprint density at radius 3 is 2.76 bits per heavy atom. The molecule has 2 aromatic rings. The summed E-state index contributed by atoms with van der Waals surface area (Å²) in [6.07, 6.45) is 4.58. The number of aryl methyl sites for hydroxylation is 3. The molecule has 0 bridgehead atoms. The molecule has 1 aromatic carbocycles. The second-order valence-corrected chi connectivity index (χ2v) is 7.33. The molecule has 1 aliphatic heterocycles. The van der Waals surface area contributed by atoms with Crippen LogP contribution in [-0.4, -0.2) is 40.1 Å². The maximum Gasteiger partial charge on any atom is 0.126 e. The molecule has 136 valence electrons. The Morgan fingerprint density at radius 1 is 1.32 bits per heavy atom. The first-order valence-electron chi connectivity index (χ1n) is 9.31. The second kappa shape index (κ2) is 7.91. The molecule has 0 spiro atoms. The number of hydrogen-bond acceptors (Lipinski definition) is 4. The minimum absolute atomic E-state index is 0.336. The topological polar surface area (TPSA) is 53.3 Å². The second-order valence-electron chi connectivity index (χ2n) is 7.33. The molecule has 5 heteroatoms. The maximum absolute atomic E-state index is 9.37. The molecule has 1 aliphatic rings. The average molecular weight is 342 g/mol. The highest BCUT2D eigenvalue weighted by molar-refractivity contribution is 5.41. The van der Waals surface area contributed by atoms with E-state index in [1.54, 1.807) is 12.1 Å². The largest absolute Gasteiger partial charge is 0.508 e. The van der Waals surface area contributed by atoms with Crippen LogP contribution >= 0.6 is 0 Å². The van der Waals surface area contributed by atoms with Crippen molar-refractivity contribution in [3.8, 4) is 5.75 Å². The van der Waals surface area contributed by atoms with Crippen LogP contribution in [0.1, 0.15) is 37.4 Å². The van der Waals surface area contributed by atoms with E-state index in [2.05, 4.69) is 35.2 Å². The minimum Gasteiger partial charge on any atom is -0.508 e. The molecule has 0 amide bonds. The maximum atomic E-state index is 9.37. The van der Waals surface area contributed by atoms with Gasteiger partial charge in [-0.05, 0) is 57.2 Å². The first-order chi connectivity index (χ1) is 12.0. The van der Waals surface area contributed by atoms with Crippen molar-refractivity contribution in [2.75, 3.05) is 18.0 Å². The Labute approximate surface area is 150 Å². The van der Waals surface area contributed by atoms with Crippen molar-refractivity contribution >= 4 is 5.82 Å². The predicted octanol–water partition coefficient (Wildman–Crippen LogP) is 3.01. The van der Waals surface area contributed by atoms with Gasteiger partial charge in [0.2, 0.25) is 0 Å². The van der Waals surface area contributed by atoms with E-state index in [-0.39, 0.29) is 0 Å². The Kier molecular flexibility index (Phi) is 5.63. The lowest BCUT2D eigenvalue weighted by Gasteiger charge is -2.36. The van der Waals surface area contributed by atoms with Crippen molar-refractivity contribution in [2.45, 2.75) is 51.6 Å². The van der Waals surface area contributed by atoms with Gasteiger partial charge in [0.15, 0.2) is 0 Å². The first-order valence-corrected chi connectivity index (χ1v) is 9.31. The fourth-order valence-corrected chi connectivity index (χ4v) is 3.75. The molecular formula is C20H30N4O. The monoisotopic (exact) mass is 342 g/mol. The molecule has 2 atom stereocenters. The van der Waals surface area contributed by atoms with Crippen LogP contribution in [0, 0.1) is 6.92 Å². The number of hydrogen-bond donors (Lipinski definition) is 2. The highest BCUT2D eigenvalue weighted by Crippen LogP contribution is 2.21. The van der Waals surface area contributed by atoms with Gasteiger partial charge in [0.05, 0.1) is 5.69 Å². The van der Waals surface area contributed by atoms with Crippen LogP contribution in [0.5, 0.6) is 5.75 Å². The summed E-state index contributed by atoms with van der Waals surface area (Å²) >= 11 is 0. The summed E-state index contributed by atoms with van der Waals surface area (Å²) < 4.78 is 1.99. The molecule has 1 aromatic heterocycles. The molecule has 0 aliphatic carbocycles. The van der Waals surface area contributed by atoms with Crippen molar-refractivity contribution in [3.63, 3.8) is 0 Å². The van der Waals surface area contributed by atoms with Gasteiger partial charge in [0.1, 0.15) is 11.6 Å². The van der Waals surface area contributed by atoms with Crippen molar-refractivity contribution in [3.05, 3.63) is 41.6 Å². The van der Waals surface area contributed by atoms with Gasteiger partial charge in [-0.2, -0.15) is 5.10 Å². The minimum atomic E-state index is 0.336. The Morgan fingerprint density at radius 2 is 2.08 bits per heavy atom. The molecule has 1 fully saturated rings. The quantitative estimate of drug-likeness (QED) is 0.847. The van der Waals surface area contributed by atoms with Gasteiger partial charge in [0, 0.05) is 38.3 Å². The number of nitrogens with one attached hydrogen (secondary N) is 1. The lowest BCUT2D eigenvalue weighted by atomic mass is 10.0. The third-order valence-electron chi connectivity index (χ3n) is 5.05. The van der Waals surface area contributed by atoms with Crippen LogP contribution in [-0.2, 0) is 13.5 Å². The van der Waals surface area contributed by atoms with Gasteiger partial charge >= 0.3 is 0 Å². The van der Waals surface area contributed by atoms with Crippen LogP contribution in [0.15, 0.2) is 30.3 Å². The molecular weight excluding hydrogens is 312 g/mol. The first kappa shape index (κ1) is 17.8. The fourth-order valence-electron chi connectivity index (χ4n) is 3.75. The van der Waals surface area contributed by atoms with E-state index < -0.39 is 0 Å². The normalized spacial score (nSPS) is 19.2. The van der Waals surface area contributed by atoms with E-state index >= 15 is 0 Å². The van der Waals surface area contributed by atoms with Gasteiger partial charge in [-0.1, -0.05) is 12.1 Å². The number of nitrogens with zero attached hydrogens (tertiary/aromatic N) is 3. The van der Waals surface area contributed by atoms with E-state index in [4.69, 9.17) is 0 Å². The lowest BCUT2D eigenvalue weighted by Crippen LogP contribution is -2.49. The summed E-state index contributed by atoms with van der Waals surface area (Å²) in [6.45, 7) is 6.48. The Bertz CT molecular complexity index is 680. The zero-order valence-corrected chi connectivity index (χ0v) is 15.6. The van der Waals surface area contributed by atoms with E-state index in [0.717, 1.165) is 31.6 Å². The van der Waals surface area contributed by atoms with Gasteiger partial charge in [-0.3, -0.25) is 4.68 Å². The summed E-state index contributed by atoms with van der Waals surface area (Å²) in [7, 11) is 2.03. The molecule has 2 N–H and O–H groups in total. The van der Waals surface area contributed by atoms with Crippen LogP contribution in [0.2, 0.25) is 0 Å². The molecule has 2 heterocycles. The molecule has 3 rings (SSSR count). The zero-order chi connectivity index (χ0) is 17.8. The van der Waals surface area contributed by atoms with E-state index in [9.17, 15) is 5.11 Å². The summed E-state index contributed by atoms with van der Waals surface area (Å²) in [4.78, 5) is 2.45. The third-order valence-corrected chi connectivity index (χ3v) is 5.05. The van der Waals surface area contributed by atoms with Crippen molar-refractivity contribution in [1.29, 1.82) is 0 Å². The highest BCUT2D eigenvalue weighted by atomic mass is 16.3. The summed E-state index contributed by atoms with van der Waals surface area (Å²) in [6, 6.07) is 10.7. The van der Waals surface area contributed by atoms with Gasteiger partial charge in [0.25, 0.3) is 0 Å². The molecule has 0 radical (unpaired) electrons. The number of phenols is 1. The third kappa shape index (κ3) is 4.75. The number of rotatable bonds is 6. The van der Waals surface area contributed by atoms with Crippen molar-refractivity contribution in [1.82, 2.24) is 15.1 Å². The number of anilines is 1.